The van der Waals surface area contributed by atoms with E-state index in [2.05, 4.69) is 31.2 Å². The molecule has 2 rings (SSSR count). The van der Waals surface area contributed by atoms with Gasteiger partial charge in [0.05, 0.1) is 6.20 Å². The van der Waals surface area contributed by atoms with Crippen LogP contribution in [0, 0.1) is 5.82 Å². The van der Waals surface area contributed by atoms with E-state index in [1.807, 2.05) is 0 Å². The summed E-state index contributed by atoms with van der Waals surface area (Å²) in [6.45, 7) is -1.16. The van der Waals surface area contributed by atoms with E-state index in [0.29, 0.717) is 10.6 Å². The van der Waals surface area contributed by atoms with Gasteiger partial charge in [-0.1, -0.05) is 11.3 Å². The van der Waals surface area contributed by atoms with Gasteiger partial charge < -0.3 is 5.32 Å². The summed E-state index contributed by atoms with van der Waals surface area (Å²) in [5, 5.41) is 2.84. The minimum Gasteiger partial charge on any atom is -0.366 e. The van der Waals surface area contributed by atoms with E-state index in [1.165, 1.54) is 12.3 Å². The van der Waals surface area contributed by atoms with Crippen LogP contribution in [-0.4, -0.2) is 22.7 Å². The van der Waals surface area contributed by atoms with Crippen molar-refractivity contribution in [3.63, 3.8) is 0 Å². The van der Waals surface area contributed by atoms with Gasteiger partial charge in [0.1, 0.15) is 27.0 Å². The molecule has 1 N–H and O–H groups in total. The fourth-order valence-electron chi connectivity index (χ4n) is 1.24. The molecule has 2 aromatic heterocycles. The number of rotatable bonds is 3. The second-order valence-corrected chi connectivity index (χ2v) is 5.25. The Hall–Kier alpha value is -1.22. The van der Waals surface area contributed by atoms with Crippen LogP contribution in [0.4, 0.5) is 22.6 Å². The van der Waals surface area contributed by atoms with Crippen LogP contribution >= 0.6 is 27.3 Å². The summed E-state index contributed by atoms with van der Waals surface area (Å²) in [5.41, 5.74) is 0.408. The van der Waals surface area contributed by atoms with Gasteiger partial charge in [-0.25, -0.2) is 9.37 Å². The summed E-state index contributed by atoms with van der Waals surface area (Å²) < 4.78 is 49.6. The Morgan fingerprint density at radius 1 is 1.32 bits per heavy atom. The van der Waals surface area contributed by atoms with Crippen LogP contribution in [0.3, 0.4) is 0 Å². The largest absolute Gasteiger partial charge is 0.405 e. The van der Waals surface area contributed by atoms with E-state index in [0.717, 1.165) is 17.5 Å². The Morgan fingerprint density at radius 2 is 2.05 bits per heavy atom. The van der Waals surface area contributed by atoms with E-state index < -0.39 is 18.5 Å². The van der Waals surface area contributed by atoms with Crippen molar-refractivity contribution < 1.29 is 17.6 Å². The summed E-state index contributed by atoms with van der Waals surface area (Å²) in [6.07, 6.45) is -1.89. The third-order valence-corrected chi connectivity index (χ3v) is 3.89. The van der Waals surface area contributed by atoms with Crippen LogP contribution in [0.15, 0.2) is 23.1 Å². The predicted octanol–water partition coefficient (Wildman–Crippen LogP) is 4.08. The van der Waals surface area contributed by atoms with Gasteiger partial charge in [0, 0.05) is 11.8 Å². The minimum atomic E-state index is -4.32. The maximum atomic E-state index is 13.0. The fraction of sp³-hybridized carbons (Fsp3) is 0.200. The lowest BCUT2D eigenvalue weighted by Crippen LogP contribution is -2.20. The first kappa shape index (κ1) is 14.2. The van der Waals surface area contributed by atoms with Gasteiger partial charge in [-0.3, -0.25) is 4.98 Å². The van der Waals surface area contributed by atoms with Crippen LogP contribution < -0.4 is 5.32 Å². The highest BCUT2D eigenvalue weighted by Crippen LogP contribution is 2.35. The Balaban J connectivity index is 2.21. The third-order valence-electron chi connectivity index (χ3n) is 1.99. The number of nitrogens with zero attached hydrogens (tertiary/aromatic N) is 2. The van der Waals surface area contributed by atoms with E-state index in [4.69, 9.17) is 0 Å². The van der Waals surface area contributed by atoms with Crippen molar-refractivity contribution >= 4 is 32.3 Å². The maximum absolute atomic E-state index is 13.0. The number of pyridine rings is 1. The number of anilines is 1. The average Bonchev–Trinajstić information content (AvgIpc) is 2.67. The maximum Gasteiger partial charge on any atom is 0.405 e. The summed E-state index contributed by atoms with van der Waals surface area (Å²) in [4.78, 5) is 7.68. The van der Waals surface area contributed by atoms with Crippen LogP contribution in [-0.2, 0) is 0 Å². The Morgan fingerprint density at radius 3 is 2.68 bits per heavy atom. The molecule has 0 saturated carbocycles. The number of hydrogen-bond acceptors (Lipinski definition) is 4. The number of aromatic nitrogens is 2. The minimum absolute atomic E-state index is 0.233. The predicted molar refractivity (Wildman–Crippen MR) is 67.5 cm³/mol. The number of thiazole rings is 1. The summed E-state index contributed by atoms with van der Waals surface area (Å²) in [6, 6.07) is 1.21. The molecule has 3 nitrogen and oxygen atoms in total. The third kappa shape index (κ3) is 3.87. The van der Waals surface area contributed by atoms with Crippen molar-refractivity contribution in [2.75, 3.05) is 11.9 Å². The molecule has 0 spiro atoms. The molecule has 0 radical (unpaired) electrons. The van der Waals surface area contributed by atoms with Gasteiger partial charge in [0.25, 0.3) is 0 Å². The lowest BCUT2D eigenvalue weighted by atomic mass is 10.3. The Bertz CT molecular complexity index is 584. The first-order chi connectivity index (χ1) is 8.85. The zero-order valence-corrected chi connectivity index (χ0v) is 11.5. The number of hydrogen-bond donors (Lipinski definition) is 1. The second kappa shape index (κ2) is 5.41. The highest BCUT2D eigenvalue weighted by atomic mass is 79.9. The van der Waals surface area contributed by atoms with Crippen molar-refractivity contribution in [2.45, 2.75) is 6.18 Å². The zero-order chi connectivity index (χ0) is 14.0. The molecule has 0 bridgehead atoms. The molecule has 102 valence electrons. The van der Waals surface area contributed by atoms with E-state index in [-0.39, 0.29) is 9.60 Å². The highest BCUT2D eigenvalue weighted by Gasteiger charge is 2.27. The van der Waals surface area contributed by atoms with Gasteiger partial charge in [0.2, 0.25) is 0 Å². The zero-order valence-electron chi connectivity index (χ0n) is 9.13. The van der Waals surface area contributed by atoms with Crippen LogP contribution in [0.25, 0.3) is 10.6 Å². The topological polar surface area (TPSA) is 37.8 Å². The molecule has 0 aliphatic carbocycles. The van der Waals surface area contributed by atoms with Crippen molar-refractivity contribution in [1.82, 2.24) is 9.97 Å². The lowest BCUT2D eigenvalue weighted by molar-refractivity contribution is -0.115. The Labute approximate surface area is 117 Å². The normalized spacial score (nSPS) is 11.6. The first-order valence-corrected chi connectivity index (χ1v) is 6.54. The number of alkyl halides is 3. The second-order valence-electron chi connectivity index (χ2n) is 3.50. The summed E-state index contributed by atoms with van der Waals surface area (Å²) in [5.74, 6) is -0.534. The van der Waals surface area contributed by atoms with Gasteiger partial charge in [0.15, 0.2) is 0 Å². The standard InChI is InChI=1S/C10H6BrF4N3S/c11-7-9(17-4-10(13,14)15)19-8(18-7)5-1-6(12)3-16-2-5/h1-3,17H,4H2. The number of nitrogens with one attached hydrogen (secondary N) is 1. The van der Waals surface area contributed by atoms with Gasteiger partial charge >= 0.3 is 6.18 Å². The fourth-order valence-corrected chi connectivity index (χ4v) is 2.75. The molecule has 19 heavy (non-hydrogen) atoms. The summed E-state index contributed by atoms with van der Waals surface area (Å²) in [7, 11) is 0. The van der Waals surface area contributed by atoms with Gasteiger partial charge in [-0.2, -0.15) is 13.2 Å². The average molecular weight is 356 g/mol. The van der Waals surface area contributed by atoms with Gasteiger partial charge in [-0.05, 0) is 22.0 Å². The molecule has 0 aliphatic rings. The number of halogens is 5. The van der Waals surface area contributed by atoms with Crippen LogP contribution in [0.1, 0.15) is 0 Å². The first-order valence-electron chi connectivity index (χ1n) is 4.93. The molecule has 2 aromatic rings. The van der Waals surface area contributed by atoms with E-state index in [1.54, 1.807) is 0 Å². The Kier molecular flexibility index (Phi) is 4.04. The van der Waals surface area contributed by atoms with Crippen molar-refractivity contribution in [3.05, 3.63) is 28.9 Å². The lowest BCUT2D eigenvalue weighted by Gasteiger charge is -2.06. The van der Waals surface area contributed by atoms with Crippen molar-refractivity contribution in [2.24, 2.45) is 0 Å². The van der Waals surface area contributed by atoms with Crippen molar-refractivity contribution in [1.29, 1.82) is 0 Å². The molecule has 0 saturated heterocycles. The van der Waals surface area contributed by atoms with E-state index in [9.17, 15) is 17.6 Å². The monoisotopic (exact) mass is 355 g/mol. The highest BCUT2D eigenvalue weighted by molar-refractivity contribution is 9.10. The molecule has 0 aromatic carbocycles. The summed E-state index contributed by atoms with van der Waals surface area (Å²) >= 11 is 4.04. The van der Waals surface area contributed by atoms with Gasteiger partial charge in [-0.15, -0.1) is 0 Å². The van der Waals surface area contributed by atoms with Crippen molar-refractivity contribution in [3.8, 4) is 10.6 Å². The molecule has 0 fully saturated rings. The molecule has 0 atom stereocenters. The smallest absolute Gasteiger partial charge is 0.366 e. The van der Waals surface area contributed by atoms with Crippen LogP contribution in [0.2, 0.25) is 0 Å². The molecular formula is C10H6BrF4N3S. The SMILES string of the molecule is Fc1cncc(-c2nc(Br)c(NCC(F)(F)F)s2)c1. The molecule has 2 heterocycles. The quantitative estimate of drug-likeness (QED) is 0.843. The van der Waals surface area contributed by atoms with Crippen LogP contribution in [0.5, 0.6) is 0 Å². The molecule has 9 heteroatoms. The molecular weight excluding hydrogens is 350 g/mol. The molecule has 0 amide bonds. The van der Waals surface area contributed by atoms with E-state index >= 15 is 0 Å². The molecule has 0 aliphatic heterocycles. The molecule has 0 unspecified atom stereocenters.